The van der Waals surface area contributed by atoms with Gasteiger partial charge in [-0.1, -0.05) is 18.2 Å². The SMILES string of the molecule is Cc1ccccc1OS(=O)c1ccc(NC(=O)NCCCl)cc1. The number of hydrogen-bond donors (Lipinski definition) is 2. The first-order chi connectivity index (χ1) is 11.1. The summed E-state index contributed by atoms with van der Waals surface area (Å²) in [5, 5.41) is 5.24. The highest BCUT2D eigenvalue weighted by atomic mass is 35.5. The van der Waals surface area contributed by atoms with Crippen LogP contribution in [-0.2, 0) is 11.1 Å². The Morgan fingerprint density at radius 1 is 1.17 bits per heavy atom. The number of amides is 2. The molecule has 23 heavy (non-hydrogen) atoms. The van der Waals surface area contributed by atoms with E-state index in [9.17, 15) is 9.00 Å². The molecule has 0 aliphatic carbocycles. The molecule has 5 nitrogen and oxygen atoms in total. The van der Waals surface area contributed by atoms with Crippen LogP contribution in [0.15, 0.2) is 53.4 Å². The van der Waals surface area contributed by atoms with Gasteiger partial charge in [-0.15, -0.1) is 11.6 Å². The lowest BCUT2D eigenvalue weighted by molar-refractivity contribution is 0.252. The molecule has 0 aromatic heterocycles. The molecule has 2 aromatic carbocycles. The zero-order valence-corrected chi connectivity index (χ0v) is 14.1. The van der Waals surface area contributed by atoms with Crippen LogP contribution in [-0.4, -0.2) is 22.7 Å². The summed E-state index contributed by atoms with van der Waals surface area (Å²) in [4.78, 5) is 12.0. The van der Waals surface area contributed by atoms with E-state index < -0.39 is 11.1 Å². The maximum Gasteiger partial charge on any atom is 0.319 e. The van der Waals surface area contributed by atoms with Crippen LogP contribution < -0.4 is 14.8 Å². The minimum Gasteiger partial charge on any atom is -0.397 e. The Labute approximate surface area is 142 Å². The first-order valence-electron chi connectivity index (χ1n) is 6.97. The largest absolute Gasteiger partial charge is 0.397 e. The average molecular weight is 353 g/mol. The van der Waals surface area contributed by atoms with Crippen LogP contribution in [0.2, 0.25) is 0 Å². The second-order valence-electron chi connectivity index (χ2n) is 4.68. The molecule has 0 saturated heterocycles. The highest BCUT2D eigenvalue weighted by Crippen LogP contribution is 2.20. The van der Waals surface area contributed by atoms with E-state index >= 15 is 0 Å². The molecule has 0 aliphatic rings. The van der Waals surface area contributed by atoms with E-state index in [0.717, 1.165) is 5.56 Å². The molecule has 1 unspecified atom stereocenters. The first kappa shape index (κ1) is 17.3. The molecule has 122 valence electrons. The van der Waals surface area contributed by atoms with Gasteiger partial charge in [-0.25, -0.2) is 9.00 Å². The second kappa shape index (κ2) is 8.55. The number of carbonyl (C=O) groups excluding carboxylic acids is 1. The van der Waals surface area contributed by atoms with Crippen LogP contribution in [0, 0.1) is 6.92 Å². The van der Waals surface area contributed by atoms with Gasteiger partial charge in [-0.3, -0.25) is 0 Å². The molecule has 7 heteroatoms. The predicted octanol–water partition coefficient (Wildman–Crippen LogP) is 3.46. The molecule has 2 aromatic rings. The van der Waals surface area contributed by atoms with Gasteiger partial charge in [0.15, 0.2) is 0 Å². The van der Waals surface area contributed by atoms with Gasteiger partial charge in [0.25, 0.3) is 0 Å². The third-order valence-electron chi connectivity index (χ3n) is 2.94. The Morgan fingerprint density at radius 3 is 2.52 bits per heavy atom. The van der Waals surface area contributed by atoms with E-state index in [1.165, 1.54) is 0 Å². The Kier molecular flexibility index (Phi) is 6.43. The van der Waals surface area contributed by atoms with Gasteiger partial charge >= 0.3 is 6.03 Å². The topological polar surface area (TPSA) is 67.4 Å². The van der Waals surface area contributed by atoms with Crippen molar-refractivity contribution < 1.29 is 13.2 Å². The second-order valence-corrected chi connectivity index (χ2v) is 6.16. The average Bonchev–Trinajstić information content (AvgIpc) is 2.55. The molecule has 0 bridgehead atoms. The lowest BCUT2D eigenvalue weighted by Gasteiger charge is -2.09. The van der Waals surface area contributed by atoms with Crippen molar-refractivity contribution in [3.63, 3.8) is 0 Å². The van der Waals surface area contributed by atoms with Crippen LogP contribution in [0.1, 0.15) is 5.56 Å². The van der Waals surface area contributed by atoms with Crippen LogP contribution in [0.4, 0.5) is 10.5 Å². The highest BCUT2D eigenvalue weighted by molar-refractivity contribution is 7.80. The monoisotopic (exact) mass is 352 g/mol. The number of aryl methyl sites for hydroxylation is 1. The van der Waals surface area contributed by atoms with Crippen molar-refractivity contribution >= 4 is 34.4 Å². The molecule has 0 heterocycles. The van der Waals surface area contributed by atoms with E-state index in [1.54, 1.807) is 30.3 Å². The molecule has 0 radical (unpaired) electrons. The van der Waals surface area contributed by atoms with Crippen molar-refractivity contribution in [3.8, 4) is 5.75 Å². The van der Waals surface area contributed by atoms with Crippen molar-refractivity contribution in [2.45, 2.75) is 11.8 Å². The summed E-state index contributed by atoms with van der Waals surface area (Å²) in [6.45, 7) is 2.28. The number of nitrogens with one attached hydrogen (secondary N) is 2. The predicted molar refractivity (Wildman–Crippen MR) is 92.4 cm³/mol. The Hall–Kier alpha value is -2.05. The standard InChI is InChI=1S/C16H17ClN2O3S/c1-12-4-2-3-5-15(12)22-23(21)14-8-6-13(7-9-14)19-16(20)18-11-10-17/h2-9H,10-11H2,1H3,(H2,18,19,20). The maximum absolute atomic E-state index is 12.2. The van der Waals surface area contributed by atoms with Crippen molar-refractivity contribution in [2.24, 2.45) is 0 Å². The summed E-state index contributed by atoms with van der Waals surface area (Å²) >= 11 is 3.88. The normalized spacial score (nSPS) is 11.6. The number of halogens is 1. The molecule has 0 spiro atoms. The molecule has 0 aliphatic heterocycles. The smallest absolute Gasteiger partial charge is 0.319 e. The molecular weight excluding hydrogens is 336 g/mol. The summed E-state index contributed by atoms with van der Waals surface area (Å²) in [6, 6.07) is 13.6. The van der Waals surface area contributed by atoms with E-state index in [4.69, 9.17) is 15.8 Å². The van der Waals surface area contributed by atoms with Crippen molar-refractivity contribution in [1.29, 1.82) is 0 Å². The number of alkyl halides is 1. The van der Waals surface area contributed by atoms with Crippen LogP contribution >= 0.6 is 11.6 Å². The van der Waals surface area contributed by atoms with Gasteiger partial charge in [0.1, 0.15) is 5.75 Å². The summed E-state index contributed by atoms with van der Waals surface area (Å²) in [6.07, 6.45) is 0. The number of carbonyl (C=O) groups is 1. The maximum atomic E-state index is 12.2. The quantitative estimate of drug-likeness (QED) is 0.782. The van der Waals surface area contributed by atoms with Gasteiger partial charge in [0.2, 0.25) is 11.1 Å². The number of anilines is 1. The third-order valence-corrected chi connectivity index (χ3v) is 4.12. The van der Waals surface area contributed by atoms with Crippen LogP contribution in [0.5, 0.6) is 5.75 Å². The lowest BCUT2D eigenvalue weighted by atomic mass is 10.2. The summed E-state index contributed by atoms with van der Waals surface area (Å²) < 4.78 is 17.7. The van der Waals surface area contributed by atoms with Gasteiger partial charge < -0.3 is 14.8 Å². The van der Waals surface area contributed by atoms with E-state index in [-0.39, 0.29) is 6.03 Å². The highest BCUT2D eigenvalue weighted by Gasteiger charge is 2.09. The zero-order valence-electron chi connectivity index (χ0n) is 12.5. The number of para-hydroxylation sites is 1. The van der Waals surface area contributed by atoms with Crippen molar-refractivity contribution in [3.05, 3.63) is 54.1 Å². The number of benzene rings is 2. The first-order valence-corrected chi connectivity index (χ1v) is 8.57. The number of urea groups is 1. The molecule has 2 amide bonds. The lowest BCUT2D eigenvalue weighted by Crippen LogP contribution is -2.30. The molecule has 1 atom stereocenters. The summed E-state index contributed by atoms with van der Waals surface area (Å²) in [5.74, 6) is 0.926. The van der Waals surface area contributed by atoms with Gasteiger partial charge in [-0.05, 0) is 42.8 Å². The van der Waals surface area contributed by atoms with Gasteiger partial charge in [-0.2, -0.15) is 0 Å². The van der Waals surface area contributed by atoms with E-state index in [1.807, 2.05) is 25.1 Å². The molecule has 0 fully saturated rings. The molecular formula is C16H17ClN2O3S. The minimum atomic E-state index is -1.62. The Bertz CT molecular complexity index is 692. The molecule has 2 rings (SSSR count). The Balaban J connectivity index is 1.97. The van der Waals surface area contributed by atoms with Gasteiger partial charge in [0, 0.05) is 18.1 Å². The van der Waals surface area contributed by atoms with Crippen LogP contribution in [0.25, 0.3) is 0 Å². The summed E-state index contributed by atoms with van der Waals surface area (Å²) in [7, 11) is 0. The zero-order chi connectivity index (χ0) is 16.7. The van der Waals surface area contributed by atoms with Crippen LogP contribution in [0.3, 0.4) is 0 Å². The third kappa shape index (κ3) is 5.26. The van der Waals surface area contributed by atoms with E-state index in [2.05, 4.69) is 10.6 Å². The van der Waals surface area contributed by atoms with Gasteiger partial charge in [0.05, 0.1) is 4.90 Å². The fraction of sp³-hybridized carbons (Fsp3) is 0.188. The number of rotatable bonds is 6. The summed E-state index contributed by atoms with van der Waals surface area (Å²) in [5.41, 5.74) is 1.50. The fourth-order valence-corrected chi connectivity index (χ4v) is 2.66. The Morgan fingerprint density at radius 2 is 1.87 bits per heavy atom. The minimum absolute atomic E-state index is 0.337. The number of hydrogen-bond acceptors (Lipinski definition) is 3. The van der Waals surface area contributed by atoms with Crippen molar-refractivity contribution in [1.82, 2.24) is 5.32 Å². The fourth-order valence-electron chi connectivity index (χ4n) is 1.77. The molecule has 0 saturated carbocycles. The van der Waals surface area contributed by atoms with E-state index in [0.29, 0.717) is 28.8 Å². The molecule has 2 N–H and O–H groups in total. The van der Waals surface area contributed by atoms with Crippen molar-refractivity contribution in [2.75, 3.05) is 17.7 Å².